The zero-order valence-electron chi connectivity index (χ0n) is 19.8. The summed E-state index contributed by atoms with van der Waals surface area (Å²) in [6, 6.07) is 9.10. The molecular formula is C19H39NO5Si4. The molecule has 0 fully saturated rings. The van der Waals surface area contributed by atoms with E-state index in [2.05, 4.69) is 58.9 Å². The minimum absolute atomic E-state index is 0.456. The fourth-order valence-corrected chi connectivity index (χ4v) is 15.6. The van der Waals surface area contributed by atoms with Gasteiger partial charge in [-0.25, -0.2) is 4.79 Å². The molecule has 0 unspecified atom stereocenters. The van der Waals surface area contributed by atoms with E-state index in [-0.39, 0.29) is 0 Å². The van der Waals surface area contributed by atoms with Crippen molar-refractivity contribution in [2.24, 2.45) is 0 Å². The van der Waals surface area contributed by atoms with Crippen LogP contribution in [0.15, 0.2) is 30.3 Å². The number of hydrogen-bond donors (Lipinski definition) is 0. The van der Waals surface area contributed by atoms with Gasteiger partial charge in [0.25, 0.3) is 0 Å². The highest BCUT2D eigenvalue weighted by molar-refractivity contribution is 6.89. The molecule has 0 spiro atoms. The van der Waals surface area contributed by atoms with Crippen molar-refractivity contribution >= 4 is 40.0 Å². The number of carbonyl (C=O) groups is 1. The number of amides is 1. The molecule has 0 atom stereocenters. The van der Waals surface area contributed by atoms with Gasteiger partial charge in [-0.05, 0) is 77.5 Å². The monoisotopic (exact) mass is 473 g/mol. The summed E-state index contributed by atoms with van der Waals surface area (Å²) in [6.45, 7) is 21.4. The maximum atomic E-state index is 13.4. The van der Waals surface area contributed by atoms with Crippen LogP contribution in [-0.4, -0.2) is 51.1 Å². The fraction of sp³-hybridized carbons (Fsp3) is 0.632. The molecule has 0 aliphatic heterocycles. The van der Waals surface area contributed by atoms with Crippen LogP contribution in [0.3, 0.4) is 0 Å². The average Bonchev–Trinajstić information content (AvgIpc) is 2.48. The summed E-state index contributed by atoms with van der Waals surface area (Å²) in [5.74, 6) is 0.496. The summed E-state index contributed by atoms with van der Waals surface area (Å²) in [7, 11) is -9.87. The highest BCUT2D eigenvalue weighted by atomic mass is 28.5. The molecule has 0 aliphatic rings. The number of carbonyl (C=O) groups excluding carboxylic acids is 1. The first-order chi connectivity index (χ1) is 13.1. The molecule has 1 amide bonds. The fourth-order valence-electron chi connectivity index (χ4n) is 2.60. The second-order valence-electron chi connectivity index (χ2n) is 10.00. The number of hydrogen-bond acceptors (Lipinski definition) is 5. The predicted molar refractivity (Wildman–Crippen MR) is 129 cm³/mol. The van der Waals surface area contributed by atoms with Crippen molar-refractivity contribution in [3.05, 3.63) is 30.3 Å². The van der Waals surface area contributed by atoms with Crippen LogP contribution in [0.25, 0.3) is 0 Å². The number of benzene rings is 1. The van der Waals surface area contributed by atoms with E-state index in [1.807, 2.05) is 25.1 Å². The van der Waals surface area contributed by atoms with Crippen LogP contribution < -0.4 is 4.74 Å². The third kappa shape index (κ3) is 9.72. The molecule has 0 saturated carbocycles. The van der Waals surface area contributed by atoms with E-state index in [0.717, 1.165) is 6.42 Å². The molecule has 0 bridgehead atoms. The van der Waals surface area contributed by atoms with Crippen molar-refractivity contribution in [2.45, 2.75) is 72.3 Å². The molecule has 10 heteroatoms. The number of rotatable bonds is 10. The van der Waals surface area contributed by atoms with Gasteiger partial charge < -0.3 is 17.1 Å². The van der Waals surface area contributed by atoms with E-state index < -0.39 is 40.0 Å². The Balaban J connectivity index is 3.48. The van der Waals surface area contributed by atoms with Gasteiger partial charge in [0.1, 0.15) is 5.75 Å². The van der Waals surface area contributed by atoms with E-state index in [0.29, 0.717) is 12.3 Å². The van der Waals surface area contributed by atoms with E-state index in [9.17, 15) is 4.79 Å². The smallest absolute Gasteiger partial charge is 0.411 e. The largest absolute Gasteiger partial charge is 0.606 e. The van der Waals surface area contributed by atoms with Crippen molar-refractivity contribution < 1.29 is 21.9 Å². The van der Waals surface area contributed by atoms with Crippen molar-refractivity contribution in [1.82, 2.24) is 4.57 Å². The van der Waals surface area contributed by atoms with Gasteiger partial charge in [-0.2, -0.15) is 0 Å². The maximum absolute atomic E-state index is 13.4. The first kappa shape index (κ1) is 26.3. The topological polar surface area (TPSA) is 57.2 Å². The number of para-hydroxylation sites is 1. The van der Waals surface area contributed by atoms with Gasteiger partial charge in [-0.3, -0.25) is 4.57 Å². The van der Waals surface area contributed by atoms with Gasteiger partial charge in [0.2, 0.25) is 0 Å². The molecule has 0 N–H and O–H groups in total. The normalized spacial score (nSPS) is 13.3. The number of ether oxygens (including phenoxy) is 1. The van der Waals surface area contributed by atoms with Crippen LogP contribution in [0.4, 0.5) is 4.79 Å². The van der Waals surface area contributed by atoms with Crippen molar-refractivity contribution in [3.8, 4) is 5.75 Å². The summed E-state index contributed by atoms with van der Waals surface area (Å²) in [6.07, 6.45) is 0.275. The standard InChI is InChI=1S/C19H39NO5Si4/c1-11-17-20(19(21)22-18-15-13-12-14-16-18)29(23-26(2,3)4,24-27(5,6)7)25-28(8,9)10/h12-16H,11,17H2,1-10H3. The molecule has 1 rings (SSSR count). The molecular weight excluding hydrogens is 435 g/mol. The summed E-state index contributed by atoms with van der Waals surface area (Å²) in [5.41, 5.74) is 0. The molecule has 1 aromatic carbocycles. The molecule has 1 aromatic rings. The quantitative estimate of drug-likeness (QED) is 0.397. The molecule has 0 heterocycles. The molecule has 166 valence electrons. The van der Waals surface area contributed by atoms with Gasteiger partial charge in [0.05, 0.1) is 0 Å². The lowest BCUT2D eigenvalue weighted by Crippen LogP contribution is -2.71. The predicted octanol–water partition coefficient (Wildman–Crippen LogP) is 5.89. The SMILES string of the molecule is CCCN(C(=O)Oc1ccccc1)[Si](O[Si](C)(C)C)(O[Si](C)(C)C)O[Si](C)(C)C. The first-order valence-corrected chi connectivity index (χ1v) is 22.1. The van der Waals surface area contributed by atoms with E-state index in [4.69, 9.17) is 17.1 Å². The summed E-state index contributed by atoms with van der Waals surface area (Å²) < 4.78 is 27.4. The molecule has 0 saturated heterocycles. The Kier molecular flexibility index (Phi) is 9.09. The molecule has 0 aromatic heterocycles. The van der Waals surface area contributed by atoms with Gasteiger partial charge in [0.15, 0.2) is 25.0 Å². The van der Waals surface area contributed by atoms with Crippen LogP contribution in [0, 0.1) is 0 Å². The Labute approximate surface area is 181 Å². The molecule has 29 heavy (non-hydrogen) atoms. The van der Waals surface area contributed by atoms with Crippen LogP contribution in [0.1, 0.15) is 13.3 Å². The van der Waals surface area contributed by atoms with E-state index in [1.165, 1.54) is 0 Å². The highest BCUT2D eigenvalue weighted by Gasteiger charge is 2.58. The lowest BCUT2D eigenvalue weighted by atomic mass is 10.3. The van der Waals surface area contributed by atoms with Gasteiger partial charge in [0, 0.05) is 6.54 Å². The Bertz CT molecular complexity index is 612. The third-order valence-electron chi connectivity index (χ3n) is 3.25. The van der Waals surface area contributed by atoms with Crippen LogP contribution in [0.2, 0.25) is 58.9 Å². The Hall–Kier alpha value is -0.762. The van der Waals surface area contributed by atoms with Crippen molar-refractivity contribution in [1.29, 1.82) is 0 Å². The van der Waals surface area contributed by atoms with Crippen LogP contribution in [-0.2, 0) is 12.3 Å². The van der Waals surface area contributed by atoms with Gasteiger partial charge in [-0.15, -0.1) is 0 Å². The van der Waals surface area contributed by atoms with E-state index in [1.54, 1.807) is 16.7 Å². The van der Waals surface area contributed by atoms with E-state index >= 15 is 0 Å². The molecule has 0 aliphatic carbocycles. The molecule has 0 radical (unpaired) electrons. The third-order valence-corrected chi connectivity index (χ3v) is 14.8. The average molecular weight is 474 g/mol. The minimum atomic E-state index is -3.53. The summed E-state index contributed by atoms with van der Waals surface area (Å²) >= 11 is 0. The van der Waals surface area contributed by atoms with Gasteiger partial charge >= 0.3 is 15.1 Å². The number of nitrogens with zero attached hydrogens (tertiary/aromatic N) is 1. The van der Waals surface area contributed by atoms with Crippen molar-refractivity contribution in [2.75, 3.05) is 6.54 Å². The van der Waals surface area contributed by atoms with Crippen LogP contribution >= 0.6 is 0 Å². The second-order valence-corrected chi connectivity index (χ2v) is 26.7. The second kappa shape index (κ2) is 10.0. The summed E-state index contributed by atoms with van der Waals surface area (Å²) in [4.78, 5) is 13.4. The zero-order chi connectivity index (χ0) is 22.5. The zero-order valence-corrected chi connectivity index (χ0v) is 23.8. The minimum Gasteiger partial charge on any atom is -0.411 e. The lowest BCUT2D eigenvalue weighted by Gasteiger charge is -2.46. The van der Waals surface area contributed by atoms with Crippen LogP contribution in [0.5, 0.6) is 5.75 Å². The highest BCUT2D eigenvalue weighted by Crippen LogP contribution is 2.30. The summed E-state index contributed by atoms with van der Waals surface area (Å²) in [5, 5.41) is 0. The lowest BCUT2D eigenvalue weighted by molar-refractivity contribution is 0.127. The Morgan fingerprint density at radius 2 is 1.21 bits per heavy atom. The van der Waals surface area contributed by atoms with Crippen molar-refractivity contribution in [3.63, 3.8) is 0 Å². The first-order valence-electron chi connectivity index (χ1n) is 10.2. The maximum Gasteiger partial charge on any atom is 0.606 e. The molecule has 6 nitrogen and oxygen atoms in total. The Morgan fingerprint density at radius 3 is 1.55 bits per heavy atom. The van der Waals surface area contributed by atoms with Gasteiger partial charge in [-0.1, -0.05) is 25.1 Å². The Morgan fingerprint density at radius 1 is 0.793 bits per heavy atom.